The molecule has 1 aliphatic rings. The van der Waals surface area contributed by atoms with Crippen LogP contribution in [0.3, 0.4) is 0 Å². The lowest BCUT2D eigenvalue weighted by molar-refractivity contribution is -0.126. The van der Waals surface area contributed by atoms with Gasteiger partial charge in [-0.25, -0.2) is 4.98 Å². The molecule has 1 heterocycles. The molecule has 1 amide bonds. The van der Waals surface area contributed by atoms with E-state index in [4.69, 9.17) is 9.72 Å². The summed E-state index contributed by atoms with van der Waals surface area (Å²) in [5.74, 6) is 2.21. The number of para-hydroxylation sites is 2. The van der Waals surface area contributed by atoms with Gasteiger partial charge in [-0.3, -0.25) is 4.79 Å². The van der Waals surface area contributed by atoms with Crippen LogP contribution in [0.2, 0.25) is 0 Å². The average molecular weight is 448 g/mol. The fourth-order valence-corrected chi connectivity index (χ4v) is 4.79. The standard InChI is InChI=1S/C28H37N3O2/c1-20-15-16-24(19-21(20)2)33-18-10-9-17-31-26-14-8-7-13-25(26)30-27(31)22(3)29-28(32)23-11-5-4-6-12-23/h7-8,13-16,19,22-23H,4-6,9-12,17-18H2,1-3H3,(H,29,32). The second-order valence-electron chi connectivity index (χ2n) is 9.48. The summed E-state index contributed by atoms with van der Waals surface area (Å²) in [7, 11) is 0. The first-order valence-corrected chi connectivity index (χ1v) is 12.5. The Morgan fingerprint density at radius 3 is 2.67 bits per heavy atom. The lowest BCUT2D eigenvalue weighted by atomic mass is 9.88. The number of nitrogens with one attached hydrogen (secondary N) is 1. The summed E-state index contributed by atoms with van der Waals surface area (Å²) in [6, 6.07) is 14.4. The monoisotopic (exact) mass is 447 g/mol. The first-order valence-electron chi connectivity index (χ1n) is 12.5. The highest BCUT2D eigenvalue weighted by molar-refractivity contribution is 5.80. The Balaban J connectivity index is 1.38. The fraction of sp³-hybridized carbons (Fsp3) is 0.500. The van der Waals surface area contributed by atoms with Gasteiger partial charge in [-0.15, -0.1) is 0 Å². The Bertz CT molecular complexity index is 1080. The lowest BCUT2D eigenvalue weighted by Gasteiger charge is -2.23. The van der Waals surface area contributed by atoms with Crippen LogP contribution in [-0.2, 0) is 11.3 Å². The largest absolute Gasteiger partial charge is 0.494 e. The summed E-state index contributed by atoms with van der Waals surface area (Å²) in [6.45, 7) is 7.84. The minimum atomic E-state index is -0.112. The van der Waals surface area contributed by atoms with Gasteiger partial charge in [0.05, 0.1) is 23.7 Å². The molecular weight excluding hydrogens is 410 g/mol. The van der Waals surface area contributed by atoms with Crippen molar-refractivity contribution in [1.29, 1.82) is 0 Å². The quantitative estimate of drug-likeness (QED) is 0.393. The number of carbonyl (C=O) groups excluding carboxylic acids is 1. The van der Waals surface area contributed by atoms with Crippen molar-refractivity contribution in [2.75, 3.05) is 6.61 Å². The topological polar surface area (TPSA) is 56.1 Å². The molecule has 3 aromatic rings. The average Bonchev–Trinajstić information content (AvgIpc) is 3.20. The summed E-state index contributed by atoms with van der Waals surface area (Å²) in [5, 5.41) is 3.25. The van der Waals surface area contributed by atoms with E-state index < -0.39 is 0 Å². The first-order chi connectivity index (χ1) is 16.0. The summed E-state index contributed by atoms with van der Waals surface area (Å²) in [5.41, 5.74) is 4.65. The van der Waals surface area contributed by atoms with Gasteiger partial charge in [0.2, 0.25) is 5.91 Å². The molecule has 33 heavy (non-hydrogen) atoms. The van der Waals surface area contributed by atoms with Crippen molar-refractivity contribution in [2.45, 2.75) is 78.3 Å². The van der Waals surface area contributed by atoms with Crippen molar-refractivity contribution < 1.29 is 9.53 Å². The van der Waals surface area contributed by atoms with Crippen molar-refractivity contribution in [1.82, 2.24) is 14.9 Å². The highest BCUT2D eigenvalue weighted by atomic mass is 16.5. The third kappa shape index (κ3) is 5.76. The van der Waals surface area contributed by atoms with Gasteiger partial charge in [-0.05, 0) is 81.8 Å². The molecule has 5 nitrogen and oxygen atoms in total. The minimum Gasteiger partial charge on any atom is -0.494 e. The molecule has 0 saturated heterocycles. The van der Waals surface area contributed by atoms with Crippen molar-refractivity contribution in [3.63, 3.8) is 0 Å². The Hall–Kier alpha value is -2.82. The molecule has 1 saturated carbocycles. The number of benzene rings is 2. The molecule has 1 fully saturated rings. The third-order valence-corrected chi connectivity index (χ3v) is 6.93. The van der Waals surface area contributed by atoms with E-state index in [2.05, 4.69) is 54.9 Å². The molecule has 0 aliphatic heterocycles. The number of fused-ring (bicyclic) bond motifs is 1. The molecule has 5 heteroatoms. The SMILES string of the molecule is Cc1ccc(OCCCCn2c(C(C)NC(=O)C3CCCCC3)nc3ccccc32)cc1C. The number of nitrogens with zero attached hydrogens (tertiary/aromatic N) is 2. The van der Waals surface area contributed by atoms with Crippen LogP contribution in [0.1, 0.15) is 74.9 Å². The van der Waals surface area contributed by atoms with Crippen molar-refractivity contribution in [2.24, 2.45) is 5.92 Å². The van der Waals surface area contributed by atoms with Gasteiger partial charge in [0.25, 0.3) is 0 Å². The van der Waals surface area contributed by atoms with Gasteiger partial charge in [0, 0.05) is 12.5 Å². The fourth-order valence-electron chi connectivity index (χ4n) is 4.79. The van der Waals surface area contributed by atoms with Crippen LogP contribution < -0.4 is 10.1 Å². The number of imidazole rings is 1. The maximum absolute atomic E-state index is 12.8. The molecule has 0 radical (unpaired) electrons. The van der Waals surface area contributed by atoms with Crippen LogP contribution in [0.25, 0.3) is 11.0 Å². The molecular formula is C28H37N3O2. The van der Waals surface area contributed by atoms with E-state index in [1.807, 2.05) is 18.2 Å². The van der Waals surface area contributed by atoms with Gasteiger partial charge in [-0.2, -0.15) is 0 Å². The summed E-state index contributed by atoms with van der Waals surface area (Å²) in [4.78, 5) is 17.7. The van der Waals surface area contributed by atoms with E-state index in [-0.39, 0.29) is 17.9 Å². The van der Waals surface area contributed by atoms with Crippen LogP contribution in [0.15, 0.2) is 42.5 Å². The molecule has 1 atom stereocenters. The van der Waals surface area contributed by atoms with E-state index in [0.29, 0.717) is 6.61 Å². The van der Waals surface area contributed by atoms with Crippen molar-refractivity contribution in [3.8, 4) is 5.75 Å². The van der Waals surface area contributed by atoms with E-state index in [0.717, 1.165) is 67.7 Å². The summed E-state index contributed by atoms with van der Waals surface area (Å²) in [6.07, 6.45) is 7.54. The molecule has 176 valence electrons. The second kappa shape index (κ2) is 10.9. The number of aromatic nitrogens is 2. The maximum atomic E-state index is 12.8. The smallest absolute Gasteiger partial charge is 0.223 e. The van der Waals surface area contributed by atoms with E-state index in [1.165, 1.54) is 17.5 Å². The molecule has 1 N–H and O–H groups in total. The molecule has 1 aliphatic carbocycles. The predicted molar refractivity (Wildman–Crippen MR) is 134 cm³/mol. The zero-order chi connectivity index (χ0) is 23.2. The van der Waals surface area contributed by atoms with Crippen LogP contribution in [0, 0.1) is 19.8 Å². The van der Waals surface area contributed by atoms with Crippen LogP contribution in [0.5, 0.6) is 5.75 Å². The molecule has 0 spiro atoms. The van der Waals surface area contributed by atoms with Gasteiger partial charge in [-0.1, -0.05) is 37.5 Å². The van der Waals surface area contributed by atoms with E-state index in [9.17, 15) is 4.79 Å². The van der Waals surface area contributed by atoms with Crippen LogP contribution in [-0.4, -0.2) is 22.1 Å². The van der Waals surface area contributed by atoms with Gasteiger partial charge < -0.3 is 14.6 Å². The van der Waals surface area contributed by atoms with Gasteiger partial charge in [0.1, 0.15) is 11.6 Å². The second-order valence-corrected chi connectivity index (χ2v) is 9.48. The summed E-state index contributed by atoms with van der Waals surface area (Å²) >= 11 is 0. The zero-order valence-electron chi connectivity index (χ0n) is 20.3. The van der Waals surface area contributed by atoms with Crippen LogP contribution >= 0.6 is 0 Å². The number of aryl methyl sites for hydroxylation is 3. The van der Waals surface area contributed by atoms with Gasteiger partial charge >= 0.3 is 0 Å². The lowest BCUT2D eigenvalue weighted by Crippen LogP contribution is -2.35. The Kier molecular flexibility index (Phi) is 7.69. The zero-order valence-corrected chi connectivity index (χ0v) is 20.3. The van der Waals surface area contributed by atoms with Gasteiger partial charge in [0.15, 0.2) is 0 Å². The molecule has 4 rings (SSSR count). The highest BCUT2D eigenvalue weighted by Crippen LogP contribution is 2.26. The van der Waals surface area contributed by atoms with Crippen molar-refractivity contribution in [3.05, 3.63) is 59.4 Å². The number of carbonyl (C=O) groups is 1. The number of rotatable bonds is 9. The number of hydrogen-bond acceptors (Lipinski definition) is 3. The minimum absolute atomic E-state index is 0.112. The van der Waals surface area contributed by atoms with E-state index in [1.54, 1.807) is 0 Å². The Morgan fingerprint density at radius 2 is 1.88 bits per heavy atom. The molecule has 1 unspecified atom stereocenters. The predicted octanol–water partition coefficient (Wildman–Crippen LogP) is 6.27. The van der Waals surface area contributed by atoms with Crippen molar-refractivity contribution >= 4 is 16.9 Å². The number of amides is 1. The molecule has 1 aromatic heterocycles. The number of hydrogen-bond donors (Lipinski definition) is 1. The van der Waals surface area contributed by atoms with Crippen LogP contribution in [0.4, 0.5) is 0 Å². The van der Waals surface area contributed by atoms with E-state index >= 15 is 0 Å². The Labute approximate surface area is 197 Å². The number of unbranched alkanes of at least 4 members (excludes halogenated alkanes) is 1. The third-order valence-electron chi connectivity index (χ3n) is 6.93. The summed E-state index contributed by atoms with van der Waals surface area (Å²) < 4.78 is 8.24. The number of ether oxygens (including phenoxy) is 1. The molecule has 0 bridgehead atoms. The molecule has 2 aromatic carbocycles. The highest BCUT2D eigenvalue weighted by Gasteiger charge is 2.24. The maximum Gasteiger partial charge on any atom is 0.223 e. The normalized spacial score (nSPS) is 15.5. The Morgan fingerprint density at radius 1 is 1.09 bits per heavy atom. The first kappa shape index (κ1) is 23.3.